The van der Waals surface area contributed by atoms with E-state index in [2.05, 4.69) is 5.32 Å². The molecule has 4 nitrogen and oxygen atoms in total. The van der Waals surface area contributed by atoms with Crippen molar-refractivity contribution in [1.82, 2.24) is 5.32 Å². The van der Waals surface area contributed by atoms with E-state index in [1.807, 2.05) is 24.3 Å². The fraction of sp³-hybridized carbons (Fsp3) is 0.500. The van der Waals surface area contributed by atoms with E-state index in [1.165, 1.54) is 6.92 Å². The molecule has 1 aromatic rings. The average Bonchev–Trinajstić information content (AvgIpc) is 2.43. The molecule has 106 valence electrons. The van der Waals surface area contributed by atoms with Gasteiger partial charge in [-0.2, -0.15) is 0 Å². The van der Waals surface area contributed by atoms with E-state index in [-0.39, 0.29) is 23.4 Å². The number of hydrogen-bond donors (Lipinski definition) is 1. The van der Waals surface area contributed by atoms with Crippen molar-refractivity contribution in [2.24, 2.45) is 0 Å². The smallest absolute Gasteiger partial charge is 0.302 e. The van der Waals surface area contributed by atoms with Crippen molar-refractivity contribution in [1.29, 1.82) is 0 Å². The highest BCUT2D eigenvalue weighted by Crippen LogP contribution is 2.43. The van der Waals surface area contributed by atoms with Crippen molar-refractivity contribution in [2.45, 2.75) is 44.1 Å². The highest BCUT2D eigenvalue weighted by atomic mass is 16.5. The predicted molar refractivity (Wildman–Crippen MR) is 74.5 cm³/mol. The lowest BCUT2D eigenvalue weighted by Crippen LogP contribution is -2.50. The minimum atomic E-state index is -0.222. The normalized spacial score (nSPS) is 28.6. The average molecular weight is 273 g/mol. The van der Waals surface area contributed by atoms with Gasteiger partial charge >= 0.3 is 5.97 Å². The third-order valence-electron chi connectivity index (χ3n) is 4.46. The Balaban J connectivity index is 1.94. The van der Waals surface area contributed by atoms with Crippen LogP contribution >= 0.6 is 0 Å². The van der Waals surface area contributed by atoms with Crippen molar-refractivity contribution < 1.29 is 14.3 Å². The lowest BCUT2D eigenvalue weighted by molar-refractivity contribution is -0.148. The van der Waals surface area contributed by atoms with Gasteiger partial charge in [0.25, 0.3) is 5.91 Å². The standard InChI is InChI=1S/C16H19NO3/c1-11(18)20-12-5-4-8-16(9-12)10-17-15(19)13-6-2-3-7-14(13)16/h2-3,6-7,12H,4-5,8-10H2,1H3,(H,17,19). The monoisotopic (exact) mass is 273 g/mol. The van der Waals surface area contributed by atoms with Gasteiger partial charge in [0.15, 0.2) is 0 Å². The van der Waals surface area contributed by atoms with Crippen LogP contribution in [0.5, 0.6) is 0 Å². The van der Waals surface area contributed by atoms with Crippen LogP contribution in [0.3, 0.4) is 0 Å². The molecule has 1 saturated carbocycles. The van der Waals surface area contributed by atoms with Crippen LogP contribution in [0.4, 0.5) is 0 Å². The number of ether oxygens (including phenoxy) is 1. The Morgan fingerprint density at radius 2 is 2.20 bits per heavy atom. The Labute approximate surface area is 118 Å². The summed E-state index contributed by atoms with van der Waals surface area (Å²) in [6.45, 7) is 2.10. The van der Waals surface area contributed by atoms with Crippen LogP contribution in [-0.2, 0) is 14.9 Å². The maximum absolute atomic E-state index is 12.0. The second-order valence-corrected chi connectivity index (χ2v) is 5.84. The highest BCUT2D eigenvalue weighted by Gasteiger charge is 2.43. The first kappa shape index (κ1) is 13.2. The van der Waals surface area contributed by atoms with Crippen molar-refractivity contribution in [3.63, 3.8) is 0 Å². The van der Waals surface area contributed by atoms with E-state index in [9.17, 15) is 9.59 Å². The van der Waals surface area contributed by atoms with E-state index in [1.54, 1.807) is 0 Å². The molecule has 2 unspecified atom stereocenters. The Kier molecular flexibility index (Phi) is 3.24. The van der Waals surface area contributed by atoms with Crippen molar-refractivity contribution in [2.75, 3.05) is 6.54 Å². The number of carbonyl (C=O) groups is 2. The van der Waals surface area contributed by atoms with E-state index in [4.69, 9.17) is 4.74 Å². The zero-order valence-electron chi connectivity index (χ0n) is 11.6. The van der Waals surface area contributed by atoms with E-state index < -0.39 is 0 Å². The third-order valence-corrected chi connectivity index (χ3v) is 4.46. The van der Waals surface area contributed by atoms with Crippen LogP contribution < -0.4 is 5.32 Å². The number of amides is 1. The highest BCUT2D eigenvalue weighted by molar-refractivity contribution is 5.97. The molecule has 1 N–H and O–H groups in total. The van der Waals surface area contributed by atoms with E-state index >= 15 is 0 Å². The number of rotatable bonds is 1. The summed E-state index contributed by atoms with van der Waals surface area (Å²) in [4.78, 5) is 23.2. The minimum absolute atomic E-state index is 0.000773. The minimum Gasteiger partial charge on any atom is -0.463 e. The van der Waals surface area contributed by atoms with Gasteiger partial charge in [0.2, 0.25) is 0 Å². The lowest BCUT2D eigenvalue weighted by atomic mass is 9.65. The number of nitrogens with one attached hydrogen (secondary N) is 1. The Morgan fingerprint density at radius 3 is 3.00 bits per heavy atom. The summed E-state index contributed by atoms with van der Waals surface area (Å²) in [5, 5.41) is 2.99. The molecule has 4 heteroatoms. The van der Waals surface area contributed by atoms with Crippen molar-refractivity contribution in [3.05, 3.63) is 35.4 Å². The summed E-state index contributed by atoms with van der Waals surface area (Å²) < 4.78 is 5.41. The van der Waals surface area contributed by atoms with Gasteiger partial charge < -0.3 is 10.1 Å². The molecule has 1 aliphatic carbocycles. The number of esters is 1. The van der Waals surface area contributed by atoms with Gasteiger partial charge in [-0.15, -0.1) is 0 Å². The van der Waals surface area contributed by atoms with E-state index in [0.29, 0.717) is 6.54 Å². The van der Waals surface area contributed by atoms with Crippen LogP contribution in [-0.4, -0.2) is 24.5 Å². The maximum Gasteiger partial charge on any atom is 0.302 e. The number of hydrogen-bond acceptors (Lipinski definition) is 3. The first-order valence-electron chi connectivity index (χ1n) is 7.16. The Bertz CT molecular complexity index is 554. The molecule has 1 aromatic carbocycles. The number of fused-ring (bicyclic) bond motifs is 2. The molecule has 0 aromatic heterocycles. The largest absolute Gasteiger partial charge is 0.463 e. The molecule has 1 amide bonds. The molecule has 2 atom stereocenters. The quantitative estimate of drug-likeness (QED) is 0.798. The molecule has 1 aliphatic heterocycles. The zero-order valence-corrected chi connectivity index (χ0v) is 11.6. The molecule has 20 heavy (non-hydrogen) atoms. The number of benzene rings is 1. The molecule has 1 spiro atoms. The predicted octanol–water partition coefficient (Wildman–Crippen LogP) is 2.17. The summed E-state index contributed by atoms with van der Waals surface area (Å²) in [5.41, 5.74) is 1.80. The second-order valence-electron chi connectivity index (χ2n) is 5.84. The fourth-order valence-corrected chi connectivity index (χ4v) is 3.63. The molecule has 3 rings (SSSR count). The molecule has 1 fully saturated rings. The molecule has 2 aliphatic rings. The van der Waals surface area contributed by atoms with Gasteiger partial charge in [0.05, 0.1) is 0 Å². The molecule has 0 radical (unpaired) electrons. The van der Waals surface area contributed by atoms with Gasteiger partial charge in [-0.25, -0.2) is 0 Å². The van der Waals surface area contributed by atoms with Crippen LogP contribution in [0, 0.1) is 0 Å². The number of carbonyl (C=O) groups excluding carboxylic acids is 2. The second kappa shape index (κ2) is 4.93. The van der Waals surface area contributed by atoms with Gasteiger partial charge in [0, 0.05) is 24.4 Å². The van der Waals surface area contributed by atoms with Crippen molar-refractivity contribution >= 4 is 11.9 Å². The molecule has 1 heterocycles. The zero-order chi connectivity index (χ0) is 14.2. The summed E-state index contributed by atoms with van der Waals surface area (Å²) in [5.74, 6) is -0.221. The van der Waals surface area contributed by atoms with Crippen LogP contribution in [0.2, 0.25) is 0 Å². The summed E-state index contributed by atoms with van der Waals surface area (Å²) in [7, 11) is 0. The molecular formula is C16H19NO3. The Morgan fingerprint density at radius 1 is 1.40 bits per heavy atom. The molecule has 0 saturated heterocycles. The third kappa shape index (κ3) is 2.19. The molecular weight excluding hydrogens is 254 g/mol. The van der Waals surface area contributed by atoms with Crippen molar-refractivity contribution in [3.8, 4) is 0 Å². The van der Waals surface area contributed by atoms with Gasteiger partial charge in [-0.3, -0.25) is 9.59 Å². The van der Waals surface area contributed by atoms with Crippen LogP contribution in [0.25, 0.3) is 0 Å². The SMILES string of the molecule is CC(=O)OC1CCCC2(CNC(=O)c3ccccc32)C1. The van der Waals surface area contributed by atoms with Gasteiger partial charge in [-0.05, 0) is 37.3 Å². The van der Waals surface area contributed by atoms with E-state index in [0.717, 1.165) is 36.8 Å². The summed E-state index contributed by atoms with van der Waals surface area (Å²) in [6, 6.07) is 7.80. The maximum atomic E-state index is 12.0. The topological polar surface area (TPSA) is 55.4 Å². The first-order chi connectivity index (χ1) is 9.61. The summed E-state index contributed by atoms with van der Waals surface area (Å²) >= 11 is 0. The Hall–Kier alpha value is -1.84. The first-order valence-corrected chi connectivity index (χ1v) is 7.16. The van der Waals surface area contributed by atoms with Crippen LogP contribution in [0.15, 0.2) is 24.3 Å². The molecule has 0 bridgehead atoms. The van der Waals surface area contributed by atoms with Gasteiger partial charge in [0.1, 0.15) is 6.10 Å². The lowest BCUT2D eigenvalue weighted by Gasteiger charge is -2.44. The summed E-state index contributed by atoms with van der Waals surface area (Å²) in [6.07, 6.45) is 3.72. The van der Waals surface area contributed by atoms with Crippen LogP contribution in [0.1, 0.15) is 48.5 Å². The fourth-order valence-electron chi connectivity index (χ4n) is 3.63. The van der Waals surface area contributed by atoms with Gasteiger partial charge in [-0.1, -0.05) is 18.2 Å².